The number of hydrogen-bond donors (Lipinski definition) is 2. The van der Waals surface area contributed by atoms with Gasteiger partial charge in [-0.2, -0.15) is 0 Å². The van der Waals surface area contributed by atoms with Crippen molar-refractivity contribution in [2.75, 3.05) is 51.2 Å². The lowest BCUT2D eigenvalue weighted by molar-refractivity contribution is -0.0679. The molecule has 2 aliphatic rings. The maximum Gasteiger partial charge on any atom is 0.191 e. The second-order valence-corrected chi connectivity index (χ2v) is 8.16. The maximum atomic E-state index is 6.28. The minimum absolute atomic E-state index is 0.323. The second kappa shape index (κ2) is 10.3. The van der Waals surface area contributed by atoms with Gasteiger partial charge in [-0.15, -0.1) is 0 Å². The number of rotatable bonds is 6. The summed E-state index contributed by atoms with van der Waals surface area (Å²) in [6.45, 7) is 10.1. The zero-order valence-corrected chi connectivity index (χ0v) is 18.0. The summed E-state index contributed by atoms with van der Waals surface area (Å²) >= 11 is 6.28. The smallest absolute Gasteiger partial charge is 0.191 e. The molecule has 0 aliphatic carbocycles. The number of hydrogen-bond acceptors (Lipinski definition) is 5. The van der Waals surface area contributed by atoms with E-state index in [9.17, 15) is 0 Å². The fourth-order valence-corrected chi connectivity index (χ4v) is 4.29. The quantitative estimate of drug-likeness (QED) is 0.426. The van der Waals surface area contributed by atoms with Crippen molar-refractivity contribution in [3.05, 3.63) is 23.4 Å². The van der Waals surface area contributed by atoms with Crippen molar-refractivity contribution >= 4 is 23.4 Å². The van der Waals surface area contributed by atoms with Crippen LogP contribution in [0.2, 0.25) is 5.02 Å². The molecule has 0 aromatic carbocycles. The molecule has 3 heterocycles. The fourth-order valence-electron chi connectivity index (χ4n) is 4.04. The van der Waals surface area contributed by atoms with Gasteiger partial charge in [0.05, 0.1) is 17.2 Å². The highest BCUT2D eigenvalue weighted by Gasteiger charge is 2.25. The molecular weight excluding hydrogens is 376 g/mol. The number of nitrogens with zero attached hydrogens (tertiary/aromatic N) is 4. The predicted molar refractivity (Wildman–Crippen MR) is 115 cm³/mol. The second-order valence-electron chi connectivity index (χ2n) is 7.75. The Morgan fingerprint density at radius 1 is 1.32 bits per heavy atom. The molecule has 0 spiro atoms. The first-order valence-electron chi connectivity index (χ1n) is 10.3. The van der Waals surface area contributed by atoms with Gasteiger partial charge in [-0.25, -0.2) is 4.98 Å². The molecule has 3 atom stereocenters. The number of morpholine rings is 1. The molecule has 2 aliphatic heterocycles. The molecule has 0 radical (unpaired) electrons. The number of nitrogens with one attached hydrogen (secondary N) is 2. The fraction of sp³-hybridized carbons (Fsp3) is 0.700. The first-order valence-corrected chi connectivity index (χ1v) is 10.6. The minimum Gasteiger partial charge on any atom is -0.373 e. The number of ether oxygens (including phenoxy) is 1. The van der Waals surface area contributed by atoms with E-state index >= 15 is 0 Å². The van der Waals surface area contributed by atoms with Gasteiger partial charge in [0.25, 0.3) is 0 Å². The number of aromatic nitrogens is 1. The molecule has 3 rings (SSSR count). The molecule has 0 saturated carbocycles. The molecule has 2 N–H and O–H groups in total. The van der Waals surface area contributed by atoms with Crippen molar-refractivity contribution in [1.82, 2.24) is 20.5 Å². The molecule has 0 bridgehead atoms. The van der Waals surface area contributed by atoms with Crippen LogP contribution in [0, 0.1) is 0 Å². The van der Waals surface area contributed by atoms with Crippen LogP contribution in [-0.2, 0) is 4.74 Å². The van der Waals surface area contributed by atoms with Crippen LogP contribution in [0.3, 0.4) is 0 Å². The third-order valence-corrected chi connectivity index (χ3v) is 5.53. The molecule has 7 nitrogen and oxygen atoms in total. The molecule has 0 amide bonds. The number of guanidine groups is 1. The highest BCUT2D eigenvalue weighted by atomic mass is 35.5. The molecule has 1 aromatic heterocycles. The summed E-state index contributed by atoms with van der Waals surface area (Å²) in [5.74, 6) is 1.73. The van der Waals surface area contributed by atoms with Crippen LogP contribution in [0.25, 0.3) is 0 Å². The van der Waals surface area contributed by atoms with Crippen LogP contribution in [0.4, 0.5) is 5.82 Å². The molecule has 28 heavy (non-hydrogen) atoms. The maximum absolute atomic E-state index is 6.28. The Morgan fingerprint density at radius 3 is 2.82 bits per heavy atom. The Balaban J connectivity index is 1.37. The van der Waals surface area contributed by atoms with E-state index in [0.29, 0.717) is 23.3 Å². The Labute approximate surface area is 173 Å². The standard InChI is InChI=1S/C20H33ClN6O/c1-15-12-26(13-16(2)28-15)10-5-9-24-20(22-3)25-17-7-11-27(14-17)19-18(21)6-4-8-23-19/h4,6,8,15-17H,5,7,9-14H2,1-3H3,(H2,22,24,25). The zero-order chi connectivity index (χ0) is 19.9. The minimum atomic E-state index is 0.323. The third-order valence-electron chi connectivity index (χ3n) is 5.23. The summed E-state index contributed by atoms with van der Waals surface area (Å²) in [5.41, 5.74) is 0. The monoisotopic (exact) mass is 408 g/mol. The molecule has 8 heteroatoms. The van der Waals surface area contributed by atoms with Crippen LogP contribution < -0.4 is 15.5 Å². The first-order chi connectivity index (χ1) is 13.5. The summed E-state index contributed by atoms with van der Waals surface area (Å²) < 4.78 is 5.80. The Bertz CT molecular complexity index is 647. The molecular formula is C20H33ClN6O. The average Bonchev–Trinajstić information content (AvgIpc) is 3.12. The number of halogens is 1. The summed E-state index contributed by atoms with van der Waals surface area (Å²) in [7, 11) is 1.82. The largest absolute Gasteiger partial charge is 0.373 e. The topological polar surface area (TPSA) is 65.0 Å². The normalized spacial score (nSPS) is 26.5. The van der Waals surface area contributed by atoms with Crippen LogP contribution in [0.15, 0.2) is 23.3 Å². The average molecular weight is 409 g/mol. The van der Waals surface area contributed by atoms with Crippen molar-refractivity contribution in [1.29, 1.82) is 0 Å². The first kappa shape index (κ1) is 21.1. The molecule has 3 unspecified atom stereocenters. The van der Waals surface area contributed by atoms with Gasteiger partial charge in [-0.3, -0.25) is 9.89 Å². The van der Waals surface area contributed by atoms with E-state index in [1.807, 2.05) is 19.2 Å². The Kier molecular flexibility index (Phi) is 7.76. The summed E-state index contributed by atoms with van der Waals surface area (Å²) in [6.07, 6.45) is 4.56. The van der Waals surface area contributed by atoms with Crippen LogP contribution >= 0.6 is 11.6 Å². The van der Waals surface area contributed by atoms with Crippen molar-refractivity contribution in [3.8, 4) is 0 Å². The van der Waals surface area contributed by atoms with E-state index in [1.165, 1.54) is 0 Å². The van der Waals surface area contributed by atoms with Crippen LogP contribution in [-0.4, -0.2) is 80.4 Å². The van der Waals surface area contributed by atoms with Gasteiger partial charge in [-0.05, 0) is 38.8 Å². The van der Waals surface area contributed by atoms with Gasteiger partial charge in [0, 0.05) is 58.6 Å². The highest BCUT2D eigenvalue weighted by Crippen LogP contribution is 2.25. The Morgan fingerprint density at radius 2 is 2.11 bits per heavy atom. The van der Waals surface area contributed by atoms with Gasteiger partial charge in [0.2, 0.25) is 0 Å². The van der Waals surface area contributed by atoms with E-state index in [2.05, 4.69) is 44.3 Å². The SMILES string of the molecule is CN=C(NCCCN1CC(C)OC(C)C1)NC1CCN(c2ncccc2Cl)C1. The highest BCUT2D eigenvalue weighted by molar-refractivity contribution is 6.32. The molecule has 2 fully saturated rings. The van der Waals surface area contributed by atoms with Crippen molar-refractivity contribution < 1.29 is 4.74 Å². The Hall–Kier alpha value is -1.57. The number of anilines is 1. The van der Waals surface area contributed by atoms with Crippen molar-refractivity contribution in [2.24, 2.45) is 4.99 Å². The lowest BCUT2D eigenvalue weighted by atomic mass is 10.2. The van der Waals surface area contributed by atoms with Crippen molar-refractivity contribution in [3.63, 3.8) is 0 Å². The molecule has 156 valence electrons. The predicted octanol–water partition coefficient (Wildman–Crippen LogP) is 1.98. The summed E-state index contributed by atoms with van der Waals surface area (Å²) in [4.78, 5) is 13.5. The van der Waals surface area contributed by atoms with E-state index in [-0.39, 0.29) is 0 Å². The van der Waals surface area contributed by atoms with Crippen LogP contribution in [0.1, 0.15) is 26.7 Å². The summed E-state index contributed by atoms with van der Waals surface area (Å²) in [6, 6.07) is 4.09. The molecule has 2 saturated heterocycles. The van der Waals surface area contributed by atoms with Gasteiger partial charge < -0.3 is 20.3 Å². The van der Waals surface area contributed by atoms with E-state index in [4.69, 9.17) is 16.3 Å². The van der Waals surface area contributed by atoms with Crippen LogP contribution in [0.5, 0.6) is 0 Å². The van der Waals surface area contributed by atoms with E-state index in [1.54, 1.807) is 6.20 Å². The number of aliphatic imine (C=N–C) groups is 1. The van der Waals surface area contributed by atoms with Gasteiger partial charge >= 0.3 is 0 Å². The molecule has 1 aromatic rings. The third kappa shape index (κ3) is 5.96. The van der Waals surface area contributed by atoms with E-state index in [0.717, 1.165) is 63.9 Å². The zero-order valence-electron chi connectivity index (χ0n) is 17.2. The van der Waals surface area contributed by atoms with Gasteiger partial charge in [0.1, 0.15) is 5.82 Å². The number of pyridine rings is 1. The lowest BCUT2D eigenvalue weighted by Crippen LogP contribution is -2.47. The van der Waals surface area contributed by atoms with Crippen molar-refractivity contribution in [2.45, 2.75) is 44.9 Å². The summed E-state index contributed by atoms with van der Waals surface area (Å²) in [5, 5.41) is 7.68. The van der Waals surface area contributed by atoms with E-state index < -0.39 is 0 Å². The van der Waals surface area contributed by atoms with Gasteiger partial charge in [0.15, 0.2) is 5.96 Å². The lowest BCUT2D eigenvalue weighted by Gasteiger charge is -2.35. The van der Waals surface area contributed by atoms with Gasteiger partial charge in [-0.1, -0.05) is 11.6 Å².